The van der Waals surface area contributed by atoms with E-state index in [0.29, 0.717) is 6.61 Å². The maximum atomic E-state index is 12.3. The molecule has 1 aromatic carbocycles. The highest BCUT2D eigenvalue weighted by molar-refractivity contribution is 5.99. The van der Waals surface area contributed by atoms with Gasteiger partial charge in [-0.25, -0.2) is 0 Å². The summed E-state index contributed by atoms with van der Waals surface area (Å²) in [6.45, 7) is 5.90. The zero-order valence-electron chi connectivity index (χ0n) is 12.4. The van der Waals surface area contributed by atoms with Gasteiger partial charge < -0.3 is 9.47 Å². The molecule has 0 aliphatic carbocycles. The minimum Gasteiger partial charge on any atom is -0.468 e. The fourth-order valence-corrected chi connectivity index (χ4v) is 1.98. The number of nitrogens with zero attached hydrogens (tertiary/aromatic N) is 1. The van der Waals surface area contributed by atoms with Gasteiger partial charge in [0.1, 0.15) is 13.2 Å². The van der Waals surface area contributed by atoms with Crippen LogP contribution < -0.4 is 4.90 Å². The number of amides is 1. The Balaban J connectivity index is 3.09. The molecule has 0 heterocycles. The topological polar surface area (TPSA) is 55.8 Å². The monoisotopic (exact) mass is 279 g/mol. The van der Waals surface area contributed by atoms with Gasteiger partial charge in [0.15, 0.2) is 0 Å². The summed E-state index contributed by atoms with van der Waals surface area (Å²) < 4.78 is 9.81. The summed E-state index contributed by atoms with van der Waals surface area (Å²) in [5.74, 6) is -0.716. The summed E-state index contributed by atoms with van der Waals surface area (Å²) in [5, 5.41) is 0. The van der Waals surface area contributed by atoms with Crippen LogP contribution in [0.1, 0.15) is 18.1 Å². The van der Waals surface area contributed by atoms with Gasteiger partial charge in [0, 0.05) is 6.61 Å². The maximum absolute atomic E-state index is 12.3. The van der Waals surface area contributed by atoms with E-state index in [1.165, 1.54) is 12.0 Å². The Hall–Kier alpha value is -1.88. The van der Waals surface area contributed by atoms with Crippen LogP contribution in [0.25, 0.3) is 0 Å². The molecule has 0 aliphatic rings. The molecule has 110 valence electrons. The second-order valence-corrected chi connectivity index (χ2v) is 4.43. The quantitative estimate of drug-likeness (QED) is 0.746. The number of esters is 1. The number of anilines is 1. The Morgan fingerprint density at radius 1 is 1.20 bits per heavy atom. The lowest BCUT2D eigenvalue weighted by molar-refractivity contribution is -0.140. The summed E-state index contributed by atoms with van der Waals surface area (Å²) in [6.07, 6.45) is 0. The SMILES string of the molecule is CCOCC(=O)N(CC(=O)OC)c1c(C)cccc1C. The van der Waals surface area contributed by atoms with E-state index in [-0.39, 0.29) is 19.1 Å². The average Bonchev–Trinajstić information content (AvgIpc) is 2.43. The molecule has 0 bridgehead atoms. The van der Waals surface area contributed by atoms with Crippen LogP contribution in [-0.4, -0.2) is 38.7 Å². The van der Waals surface area contributed by atoms with Crippen LogP contribution in [0, 0.1) is 13.8 Å². The van der Waals surface area contributed by atoms with Crippen molar-refractivity contribution < 1.29 is 19.1 Å². The van der Waals surface area contributed by atoms with E-state index in [0.717, 1.165) is 16.8 Å². The number of aryl methyl sites for hydroxylation is 2. The van der Waals surface area contributed by atoms with Crippen molar-refractivity contribution in [2.75, 3.05) is 31.8 Å². The van der Waals surface area contributed by atoms with Crippen molar-refractivity contribution in [2.24, 2.45) is 0 Å². The van der Waals surface area contributed by atoms with Crippen molar-refractivity contribution >= 4 is 17.6 Å². The molecular weight excluding hydrogens is 258 g/mol. The lowest BCUT2D eigenvalue weighted by Gasteiger charge is -2.25. The van der Waals surface area contributed by atoms with Crippen LogP contribution in [-0.2, 0) is 19.1 Å². The van der Waals surface area contributed by atoms with Crippen molar-refractivity contribution in [3.8, 4) is 0 Å². The first-order valence-electron chi connectivity index (χ1n) is 6.52. The Morgan fingerprint density at radius 3 is 2.30 bits per heavy atom. The highest BCUT2D eigenvalue weighted by Crippen LogP contribution is 2.24. The fourth-order valence-electron chi connectivity index (χ4n) is 1.98. The number of rotatable bonds is 6. The fraction of sp³-hybridized carbons (Fsp3) is 0.467. The van der Waals surface area contributed by atoms with E-state index in [1.807, 2.05) is 39.0 Å². The zero-order chi connectivity index (χ0) is 15.1. The Morgan fingerprint density at radius 2 is 1.80 bits per heavy atom. The molecule has 1 amide bonds. The largest absolute Gasteiger partial charge is 0.468 e. The maximum Gasteiger partial charge on any atom is 0.325 e. The van der Waals surface area contributed by atoms with Crippen LogP contribution >= 0.6 is 0 Å². The van der Waals surface area contributed by atoms with Gasteiger partial charge in [-0.2, -0.15) is 0 Å². The molecule has 0 fully saturated rings. The van der Waals surface area contributed by atoms with Crippen LogP contribution in [0.2, 0.25) is 0 Å². The molecule has 0 radical (unpaired) electrons. The molecule has 0 aromatic heterocycles. The van der Waals surface area contributed by atoms with Gasteiger partial charge in [-0.15, -0.1) is 0 Å². The van der Waals surface area contributed by atoms with Gasteiger partial charge in [-0.05, 0) is 31.9 Å². The van der Waals surface area contributed by atoms with Crippen LogP contribution in [0.4, 0.5) is 5.69 Å². The minimum absolute atomic E-state index is 0.0543. The third-order valence-corrected chi connectivity index (χ3v) is 2.96. The summed E-state index contributed by atoms with van der Waals surface area (Å²) >= 11 is 0. The lowest BCUT2D eigenvalue weighted by Crippen LogP contribution is -2.39. The number of methoxy groups -OCH3 is 1. The lowest BCUT2D eigenvalue weighted by atomic mass is 10.1. The van der Waals surface area contributed by atoms with E-state index in [4.69, 9.17) is 4.74 Å². The molecule has 0 saturated heterocycles. The molecule has 0 unspecified atom stereocenters. The molecule has 1 aromatic rings. The van der Waals surface area contributed by atoms with Gasteiger partial charge >= 0.3 is 5.97 Å². The van der Waals surface area contributed by atoms with Gasteiger partial charge in [0.05, 0.1) is 12.8 Å². The predicted molar refractivity (Wildman–Crippen MR) is 76.8 cm³/mol. The first-order valence-corrected chi connectivity index (χ1v) is 6.52. The van der Waals surface area contributed by atoms with E-state index < -0.39 is 5.97 Å². The Bertz CT molecular complexity index is 465. The zero-order valence-corrected chi connectivity index (χ0v) is 12.4. The Kier molecular flexibility index (Phi) is 6.18. The van der Waals surface area contributed by atoms with Gasteiger partial charge in [-0.3, -0.25) is 14.5 Å². The van der Waals surface area contributed by atoms with Gasteiger partial charge in [0.2, 0.25) is 0 Å². The van der Waals surface area contributed by atoms with Crippen LogP contribution in [0.15, 0.2) is 18.2 Å². The van der Waals surface area contributed by atoms with E-state index >= 15 is 0 Å². The number of para-hydroxylation sites is 1. The van der Waals surface area contributed by atoms with Gasteiger partial charge in [-0.1, -0.05) is 18.2 Å². The summed E-state index contributed by atoms with van der Waals surface area (Å²) in [6, 6.07) is 5.72. The predicted octanol–water partition coefficient (Wildman–Crippen LogP) is 1.85. The van der Waals surface area contributed by atoms with Crippen molar-refractivity contribution in [1.29, 1.82) is 0 Å². The van der Waals surface area contributed by atoms with Crippen molar-refractivity contribution in [3.63, 3.8) is 0 Å². The number of carbonyl (C=O) groups is 2. The molecule has 0 saturated carbocycles. The highest BCUT2D eigenvalue weighted by Gasteiger charge is 2.22. The smallest absolute Gasteiger partial charge is 0.325 e. The highest BCUT2D eigenvalue weighted by atomic mass is 16.5. The molecule has 1 rings (SSSR count). The number of ether oxygens (including phenoxy) is 2. The molecule has 0 aliphatic heterocycles. The summed E-state index contributed by atoms with van der Waals surface area (Å²) in [4.78, 5) is 25.2. The number of hydrogen-bond acceptors (Lipinski definition) is 4. The normalized spacial score (nSPS) is 10.2. The number of hydrogen-bond donors (Lipinski definition) is 0. The molecule has 0 N–H and O–H groups in total. The Labute approximate surface area is 119 Å². The molecular formula is C15H21NO4. The first-order chi connectivity index (χ1) is 9.51. The van der Waals surface area contributed by atoms with E-state index in [2.05, 4.69) is 4.74 Å². The van der Waals surface area contributed by atoms with E-state index in [1.54, 1.807) is 0 Å². The third-order valence-electron chi connectivity index (χ3n) is 2.96. The van der Waals surface area contributed by atoms with Crippen molar-refractivity contribution in [1.82, 2.24) is 0 Å². The molecule has 5 heteroatoms. The second kappa shape index (κ2) is 7.65. The van der Waals surface area contributed by atoms with Crippen LogP contribution in [0.5, 0.6) is 0 Å². The molecule has 20 heavy (non-hydrogen) atoms. The molecule has 5 nitrogen and oxygen atoms in total. The third kappa shape index (κ3) is 4.06. The van der Waals surface area contributed by atoms with Crippen molar-refractivity contribution in [2.45, 2.75) is 20.8 Å². The molecule has 0 atom stereocenters. The minimum atomic E-state index is -0.461. The first kappa shape index (κ1) is 16.2. The molecule has 0 spiro atoms. The standard InChI is InChI=1S/C15H21NO4/c1-5-20-10-13(17)16(9-14(18)19-4)15-11(2)7-6-8-12(15)3/h6-8H,5,9-10H2,1-4H3. The summed E-state index contributed by atoms with van der Waals surface area (Å²) in [7, 11) is 1.30. The van der Waals surface area contributed by atoms with Crippen molar-refractivity contribution in [3.05, 3.63) is 29.3 Å². The summed E-state index contributed by atoms with van der Waals surface area (Å²) in [5.41, 5.74) is 2.60. The van der Waals surface area contributed by atoms with Crippen LogP contribution in [0.3, 0.4) is 0 Å². The average molecular weight is 279 g/mol. The second-order valence-electron chi connectivity index (χ2n) is 4.43. The van der Waals surface area contributed by atoms with E-state index in [9.17, 15) is 9.59 Å². The number of benzene rings is 1. The van der Waals surface area contributed by atoms with Gasteiger partial charge in [0.25, 0.3) is 5.91 Å². The number of carbonyl (C=O) groups excluding carboxylic acids is 2.